The highest BCUT2D eigenvalue weighted by Crippen LogP contribution is 2.64. The highest BCUT2D eigenvalue weighted by Gasteiger charge is 2.60. The highest BCUT2D eigenvalue weighted by molar-refractivity contribution is 6.24. The van der Waals surface area contributed by atoms with Crippen molar-refractivity contribution in [3.63, 3.8) is 0 Å². The van der Waals surface area contributed by atoms with Gasteiger partial charge in [-0.05, 0) is 74.3 Å². The molecule has 4 fully saturated rings. The smallest absolute Gasteiger partial charge is 0.312 e. The van der Waals surface area contributed by atoms with E-state index in [0.717, 1.165) is 43.4 Å². The average Bonchev–Trinajstić information content (AvgIpc) is 2.64. The molecule has 0 spiro atoms. The molecule has 1 aromatic carbocycles. The first-order valence-electron chi connectivity index (χ1n) is 10.6. The van der Waals surface area contributed by atoms with Crippen molar-refractivity contribution in [2.75, 3.05) is 11.9 Å². The van der Waals surface area contributed by atoms with E-state index in [9.17, 15) is 9.59 Å². The molecule has 4 nitrogen and oxygen atoms in total. The molecule has 1 N–H and O–H groups in total. The maximum absolute atomic E-state index is 13.0. The lowest BCUT2D eigenvalue weighted by atomic mass is 9.49. The predicted molar refractivity (Wildman–Crippen MR) is 110 cm³/mol. The number of para-hydroxylation sites is 1. The molecule has 4 aliphatic rings. The molecule has 0 saturated heterocycles. The van der Waals surface area contributed by atoms with Crippen molar-refractivity contribution in [3.05, 3.63) is 29.8 Å². The minimum Gasteiger partial charge on any atom is -0.455 e. The standard InChI is InChI=1S/C23H30ClNO3/c1-3-15(2)18-6-4-5-7-19(18)25-20(26)13-28-21(27)22-9-16-8-17(10-22)12-23(24,11-16)14-22/h4-7,15-17H,3,8-14H2,1-2H3,(H,25,26)/t15-,16-,17+,22?,23?/m1/s1. The lowest BCUT2D eigenvalue weighted by molar-refractivity contribution is -0.171. The molecule has 0 heterocycles. The number of hydrogen-bond donors (Lipinski definition) is 1. The molecule has 0 aromatic heterocycles. The molecule has 5 heteroatoms. The van der Waals surface area contributed by atoms with E-state index in [0.29, 0.717) is 24.2 Å². The van der Waals surface area contributed by atoms with Crippen molar-refractivity contribution in [1.82, 2.24) is 0 Å². The molecule has 28 heavy (non-hydrogen) atoms. The molecule has 0 radical (unpaired) electrons. The van der Waals surface area contributed by atoms with E-state index < -0.39 is 5.41 Å². The molecule has 1 aromatic rings. The van der Waals surface area contributed by atoms with Gasteiger partial charge in [0.15, 0.2) is 6.61 Å². The molecule has 4 aliphatic carbocycles. The fourth-order valence-electron chi connectivity index (χ4n) is 6.12. The van der Waals surface area contributed by atoms with Crippen molar-refractivity contribution in [2.24, 2.45) is 17.3 Å². The van der Waals surface area contributed by atoms with E-state index in [-0.39, 0.29) is 23.4 Å². The number of rotatable bonds is 6. The van der Waals surface area contributed by atoms with Crippen LogP contribution in [0, 0.1) is 17.3 Å². The Bertz CT molecular complexity index is 763. The Balaban J connectivity index is 1.38. The van der Waals surface area contributed by atoms with E-state index in [1.54, 1.807) is 0 Å². The molecule has 5 atom stereocenters. The van der Waals surface area contributed by atoms with Crippen LogP contribution >= 0.6 is 11.6 Å². The molecule has 2 unspecified atom stereocenters. The fourth-order valence-corrected chi connectivity index (χ4v) is 6.81. The largest absolute Gasteiger partial charge is 0.455 e. The molecule has 4 bridgehead atoms. The number of alkyl halides is 1. The zero-order valence-electron chi connectivity index (χ0n) is 16.8. The van der Waals surface area contributed by atoms with Crippen molar-refractivity contribution in [3.8, 4) is 0 Å². The average molecular weight is 404 g/mol. The summed E-state index contributed by atoms with van der Waals surface area (Å²) in [5.74, 6) is 0.905. The molecule has 152 valence electrons. The van der Waals surface area contributed by atoms with Gasteiger partial charge in [-0.15, -0.1) is 11.6 Å². The predicted octanol–water partition coefficient (Wildman–Crippen LogP) is 5.26. The number of amides is 1. The lowest BCUT2D eigenvalue weighted by Crippen LogP contribution is -2.56. The van der Waals surface area contributed by atoms with Crippen molar-refractivity contribution >= 4 is 29.2 Å². The third-order valence-electron chi connectivity index (χ3n) is 7.14. The van der Waals surface area contributed by atoms with Gasteiger partial charge in [-0.1, -0.05) is 32.0 Å². The Kier molecular flexibility index (Phi) is 5.20. The third-order valence-corrected chi connectivity index (χ3v) is 7.58. The second kappa shape index (κ2) is 7.37. The molecule has 1 amide bonds. The van der Waals surface area contributed by atoms with E-state index in [2.05, 4.69) is 19.2 Å². The van der Waals surface area contributed by atoms with E-state index in [1.807, 2.05) is 24.3 Å². The van der Waals surface area contributed by atoms with E-state index in [1.165, 1.54) is 6.42 Å². The van der Waals surface area contributed by atoms with Crippen LogP contribution in [0.5, 0.6) is 0 Å². The molecular weight excluding hydrogens is 374 g/mol. The van der Waals surface area contributed by atoms with Gasteiger partial charge >= 0.3 is 5.97 Å². The van der Waals surface area contributed by atoms with Gasteiger partial charge in [-0.3, -0.25) is 9.59 Å². The highest BCUT2D eigenvalue weighted by atomic mass is 35.5. The van der Waals surface area contributed by atoms with Gasteiger partial charge in [0.25, 0.3) is 5.91 Å². The van der Waals surface area contributed by atoms with Crippen LogP contribution in [0.15, 0.2) is 24.3 Å². The van der Waals surface area contributed by atoms with Crippen LogP contribution in [0.25, 0.3) is 0 Å². The summed E-state index contributed by atoms with van der Waals surface area (Å²) in [5.41, 5.74) is 1.43. The van der Waals surface area contributed by atoms with E-state index >= 15 is 0 Å². The summed E-state index contributed by atoms with van der Waals surface area (Å²) in [6.07, 6.45) is 6.67. The SMILES string of the molecule is CC[C@@H](C)c1ccccc1NC(=O)COC(=O)C12C[C@@H]3C[C@@H](CC(Cl)(C3)C1)C2. The topological polar surface area (TPSA) is 55.4 Å². The first-order valence-corrected chi connectivity index (χ1v) is 11.0. The maximum Gasteiger partial charge on any atom is 0.312 e. The molecular formula is C23H30ClNO3. The van der Waals surface area contributed by atoms with Crippen LogP contribution < -0.4 is 5.32 Å². The summed E-state index contributed by atoms with van der Waals surface area (Å²) in [6, 6.07) is 7.82. The van der Waals surface area contributed by atoms with E-state index in [4.69, 9.17) is 16.3 Å². The van der Waals surface area contributed by atoms with Gasteiger partial charge in [-0.25, -0.2) is 0 Å². The third kappa shape index (κ3) is 3.68. The number of benzene rings is 1. The van der Waals surface area contributed by atoms with Gasteiger partial charge in [0.1, 0.15) is 0 Å². The molecule has 4 saturated carbocycles. The number of carbonyl (C=O) groups excluding carboxylic acids is 2. The van der Waals surface area contributed by atoms with Crippen LogP contribution in [0.1, 0.15) is 70.3 Å². The first-order chi connectivity index (χ1) is 13.3. The van der Waals surface area contributed by atoms with Crippen molar-refractivity contribution in [1.29, 1.82) is 0 Å². The van der Waals surface area contributed by atoms with Crippen molar-refractivity contribution < 1.29 is 14.3 Å². The maximum atomic E-state index is 13.0. The minimum absolute atomic E-state index is 0.225. The number of carbonyl (C=O) groups is 2. The minimum atomic E-state index is -0.471. The van der Waals surface area contributed by atoms with Crippen LogP contribution in [0.2, 0.25) is 0 Å². The number of esters is 1. The lowest BCUT2D eigenvalue weighted by Gasteiger charge is -2.58. The Morgan fingerprint density at radius 3 is 2.54 bits per heavy atom. The quantitative estimate of drug-likeness (QED) is 0.520. The number of ether oxygens (including phenoxy) is 1. The summed E-state index contributed by atoms with van der Waals surface area (Å²) in [5, 5.41) is 2.92. The fraction of sp³-hybridized carbons (Fsp3) is 0.652. The number of hydrogen-bond acceptors (Lipinski definition) is 3. The van der Waals surface area contributed by atoms with Crippen LogP contribution in [-0.2, 0) is 14.3 Å². The monoisotopic (exact) mass is 403 g/mol. The van der Waals surface area contributed by atoms with Gasteiger partial charge in [-0.2, -0.15) is 0 Å². The molecule has 0 aliphatic heterocycles. The normalized spacial score (nSPS) is 34.1. The summed E-state index contributed by atoms with van der Waals surface area (Å²) < 4.78 is 5.52. The van der Waals surface area contributed by atoms with Crippen molar-refractivity contribution in [2.45, 2.75) is 69.6 Å². The van der Waals surface area contributed by atoms with Gasteiger partial charge in [0, 0.05) is 10.6 Å². The second-order valence-corrected chi connectivity index (χ2v) is 10.2. The van der Waals surface area contributed by atoms with Crippen LogP contribution in [0.4, 0.5) is 5.69 Å². The summed E-state index contributed by atoms with van der Waals surface area (Å²) in [7, 11) is 0. The summed E-state index contributed by atoms with van der Waals surface area (Å²) in [6.45, 7) is 4.03. The number of halogens is 1. The van der Waals surface area contributed by atoms with Gasteiger partial charge < -0.3 is 10.1 Å². The van der Waals surface area contributed by atoms with Crippen LogP contribution in [0.3, 0.4) is 0 Å². The zero-order valence-corrected chi connectivity index (χ0v) is 17.6. The summed E-state index contributed by atoms with van der Waals surface area (Å²) in [4.78, 5) is 25.2. The zero-order chi connectivity index (χ0) is 19.9. The summed E-state index contributed by atoms with van der Waals surface area (Å²) >= 11 is 6.81. The number of nitrogens with one attached hydrogen (secondary N) is 1. The first kappa shape index (κ1) is 19.8. The van der Waals surface area contributed by atoms with Gasteiger partial charge in [0.05, 0.1) is 5.41 Å². The Labute approximate surface area is 172 Å². The second-order valence-electron chi connectivity index (χ2n) is 9.41. The number of anilines is 1. The Morgan fingerprint density at radius 1 is 1.21 bits per heavy atom. The van der Waals surface area contributed by atoms with Crippen LogP contribution in [-0.4, -0.2) is 23.4 Å². The van der Waals surface area contributed by atoms with Gasteiger partial charge in [0.2, 0.25) is 0 Å². The Morgan fingerprint density at radius 2 is 1.89 bits per heavy atom. The molecule has 5 rings (SSSR count). The Hall–Kier alpha value is -1.55.